The van der Waals surface area contributed by atoms with Crippen molar-refractivity contribution in [2.45, 2.75) is 36.5 Å². The lowest BCUT2D eigenvalue weighted by molar-refractivity contribution is 0.0728. The van der Waals surface area contributed by atoms with E-state index in [9.17, 15) is 0 Å². The molecule has 2 rings (SSSR count). The maximum Gasteiger partial charge on any atom is 0.107 e. The molecule has 2 heteroatoms. The van der Waals surface area contributed by atoms with Crippen molar-refractivity contribution in [1.82, 2.24) is 0 Å². The SMILES string of the molecule is Cc1ccccc1SC1CCCCO1. The predicted octanol–water partition coefficient (Wildman–Crippen LogP) is 3.61. The maximum atomic E-state index is 5.70. The fourth-order valence-corrected chi connectivity index (χ4v) is 2.78. The molecule has 0 radical (unpaired) electrons. The molecule has 0 amide bonds. The first kappa shape index (κ1) is 10.1. The Hall–Kier alpha value is -0.470. The Morgan fingerprint density at radius 3 is 2.86 bits per heavy atom. The largest absolute Gasteiger partial charge is 0.367 e. The van der Waals surface area contributed by atoms with Gasteiger partial charge in [0.25, 0.3) is 0 Å². The van der Waals surface area contributed by atoms with Gasteiger partial charge in [0.15, 0.2) is 0 Å². The van der Waals surface area contributed by atoms with E-state index in [0.717, 1.165) is 6.61 Å². The molecule has 0 bridgehead atoms. The Morgan fingerprint density at radius 1 is 1.29 bits per heavy atom. The van der Waals surface area contributed by atoms with E-state index < -0.39 is 0 Å². The molecule has 14 heavy (non-hydrogen) atoms. The van der Waals surface area contributed by atoms with Gasteiger partial charge in [-0.25, -0.2) is 0 Å². The topological polar surface area (TPSA) is 9.23 Å². The van der Waals surface area contributed by atoms with Crippen molar-refractivity contribution in [1.29, 1.82) is 0 Å². The van der Waals surface area contributed by atoms with Crippen molar-refractivity contribution < 1.29 is 4.74 Å². The zero-order chi connectivity index (χ0) is 9.80. The number of aryl methyl sites for hydroxylation is 1. The number of hydrogen-bond acceptors (Lipinski definition) is 2. The van der Waals surface area contributed by atoms with Crippen LogP contribution in [0.25, 0.3) is 0 Å². The van der Waals surface area contributed by atoms with Gasteiger partial charge in [0.2, 0.25) is 0 Å². The highest BCUT2D eigenvalue weighted by Gasteiger charge is 2.15. The van der Waals surface area contributed by atoms with Gasteiger partial charge in [-0.2, -0.15) is 0 Å². The summed E-state index contributed by atoms with van der Waals surface area (Å²) in [7, 11) is 0. The van der Waals surface area contributed by atoms with E-state index in [1.807, 2.05) is 11.8 Å². The summed E-state index contributed by atoms with van der Waals surface area (Å²) in [6.45, 7) is 3.09. The Bertz CT molecular complexity index is 292. The maximum absolute atomic E-state index is 5.70. The average molecular weight is 208 g/mol. The normalized spacial score (nSPS) is 22.2. The van der Waals surface area contributed by atoms with E-state index in [1.54, 1.807) is 0 Å². The van der Waals surface area contributed by atoms with Crippen LogP contribution in [-0.4, -0.2) is 12.0 Å². The molecule has 76 valence electrons. The third kappa shape index (κ3) is 2.52. The van der Waals surface area contributed by atoms with Crippen LogP contribution >= 0.6 is 11.8 Å². The second-order valence-electron chi connectivity index (χ2n) is 3.68. The van der Waals surface area contributed by atoms with Gasteiger partial charge in [-0.05, 0) is 37.8 Å². The Labute approximate surface area is 89.9 Å². The van der Waals surface area contributed by atoms with Gasteiger partial charge in [-0.3, -0.25) is 0 Å². The van der Waals surface area contributed by atoms with Crippen molar-refractivity contribution in [3.8, 4) is 0 Å². The average Bonchev–Trinajstić information content (AvgIpc) is 2.23. The Kier molecular flexibility index (Phi) is 3.49. The minimum Gasteiger partial charge on any atom is -0.367 e. The fourth-order valence-electron chi connectivity index (χ4n) is 1.63. The van der Waals surface area contributed by atoms with Crippen molar-refractivity contribution >= 4 is 11.8 Å². The standard InChI is InChI=1S/C12H16OS/c1-10-6-2-3-7-11(10)14-12-8-4-5-9-13-12/h2-3,6-7,12H,4-5,8-9H2,1H3. The van der Waals surface area contributed by atoms with E-state index in [1.165, 1.54) is 29.7 Å². The van der Waals surface area contributed by atoms with Crippen molar-refractivity contribution in [2.24, 2.45) is 0 Å². The van der Waals surface area contributed by atoms with Gasteiger partial charge in [0, 0.05) is 11.5 Å². The molecule has 1 aromatic rings. The highest BCUT2D eigenvalue weighted by atomic mass is 32.2. The van der Waals surface area contributed by atoms with Gasteiger partial charge in [0.1, 0.15) is 5.44 Å². The molecule has 1 atom stereocenters. The molecule has 1 aliphatic heterocycles. The van der Waals surface area contributed by atoms with Crippen LogP contribution in [0.5, 0.6) is 0 Å². The summed E-state index contributed by atoms with van der Waals surface area (Å²) < 4.78 is 5.70. The van der Waals surface area contributed by atoms with Crippen molar-refractivity contribution in [2.75, 3.05) is 6.61 Å². The summed E-state index contributed by atoms with van der Waals surface area (Å²) in [4.78, 5) is 1.36. The monoisotopic (exact) mass is 208 g/mol. The van der Waals surface area contributed by atoms with E-state index in [4.69, 9.17) is 4.74 Å². The second kappa shape index (κ2) is 4.85. The Balaban J connectivity index is 1.99. The first-order valence-electron chi connectivity index (χ1n) is 5.20. The van der Waals surface area contributed by atoms with Crippen LogP contribution in [0.1, 0.15) is 24.8 Å². The quantitative estimate of drug-likeness (QED) is 0.734. The molecule has 0 saturated carbocycles. The minimum atomic E-state index is 0.379. The van der Waals surface area contributed by atoms with Gasteiger partial charge >= 0.3 is 0 Å². The van der Waals surface area contributed by atoms with Crippen LogP contribution in [0.3, 0.4) is 0 Å². The van der Waals surface area contributed by atoms with E-state index in [2.05, 4.69) is 31.2 Å². The summed E-state index contributed by atoms with van der Waals surface area (Å²) in [5.41, 5.74) is 1.73. The first-order valence-corrected chi connectivity index (χ1v) is 6.08. The molecule has 1 heterocycles. The fraction of sp³-hybridized carbons (Fsp3) is 0.500. The molecule has 0 N–H and O–H groups in total. The highest BCUT2D eigenvalue weighted by molar-refractivity contribution is 7.99. The smallest absolute Gasteiger partial charge is 0.107 e. The minimum absolute atomic E-state index is 0.379. The number of ether oxygens (including phenoxy) is 1. The Morgan fingerprint density at radius 2 is 2.14 bits per heavy atom. The number of thioether (sulfide) groups is 1. The second-order valence-corrected chi connectivity index (χ2v) is 4.88. The number of rotatable bonds is 2. The molecule has 1 aromatic carbocycles. The van der Waals surface area contributed by atoms with Gasteiger partial charge in [-0.1, -0.05) is 30.0 Å². The summed E-state index contributed by atoms with van der Waals surface area (Å²) >= 11 is 1.87. The highest BCUT2D eigenvalue weighted by Crippen LogP contribution is 2.31. The zero-order valence-corrected chi connectivity index (χ0v) is 9.35. The third-order valence-electron chi connectivity index (χ3n) is 2.49. The van der Waals surface area contributed by atoms with Crippen LogP contribution in [0.15, 0.2) is 29.2 Å². The molecule has 0 aliphatic carbocycles. The van der Waals surface area contributed by atoms with Crippen molar-refractivity contribution in [3.63, 3.8) is 0 Å². The van der Waals surface area contributed by atoms with Gasteiger partial charge in [0.05, 0.1) is 0 Å². The zero-order valence-electron chi connectivity index (χ0n) is 8.53. The molecular formula is C12H16OS. The summed E-state index contributed by atoms with van der Waals surface area (Å²) in [5, 5.41) is 0. The van der Waals surface area contributed by atoms with Crippen LogP contribution in [0.4, 0.5) is 0 Å². The van der Waals surface area contributed by atoms with E-state index in [-0.39, 0.29) is 0 Å². The predicted molar refractivity (Wildman–Crippen MR) is 60.6 cm³/mol. The molecule has 1 unspecified atom stereocenters. The number of benzene rings is 1. The van der Waals surface area contributed by atoms with Crippen molar-refractivity contribution in [3.05, 3.63) is 29.8 Å². The first-order chi connectivity index (χ1) is 6.86. The lowest BCUT2D eigenvalue weighted by Gasteiger charge is -2.22. The van der Waals surface area contributed by atoms with E-state index >= 15 is 0 Å². The van der Waals surface area contributed by atoms with Gasteiger partial charge < -0.3 is 4.74 Å². The lowest BCUT2D eigenvalue weighted by atomic mass is 10.2. The van der Waals surface area contributed by atoms with E-state index in [0.29, 0.717) is 5.44 Å². The summed E-state index contributed by atoms with van der Waals surface area (Å²) in [5.74, 6) is 0. The molecule has 1 saturated heterocycles. The molecule has 1 fully saturated rings. The molecule has 1 nitrogen and oxygen atoms in total. The number of hydrogen-bond donors (Lipinski definition) is 0. The third-order valence-corrected chi connectivity index (χ3v) is 3.84. The summed E-state index contributed by atoms with van der Waals surface area (Å²) in [6.07, 6.45) is 3.73. The van der Waals surface area contributed by atoms with Crippen LogP contribution in [-0.2, 0) is 4.74 Å². The van der Waals surface area contributed by atoms with Crippen LogP contribution in [0.2, 0.25) is 0 Å². The van der Waals surface area contributed by atoms with Gasteiger partial charge in [-0.15, -0.1) is 0 Å². The molecule has 0 aromatic heterocycles. The van der Waals surface area contributed by atoms with Crippen LogP contribution < -0.4 is 0 Å². The molecule has 1 aliphatic rings. The van der Waals surface area contributed by atoms with Crippen LogP contribution in [0, 0.1) is 6.92 Å². The molecule has 0 spiro atoms. The summed E-state index contributed by atoms with van der Waals surface area (Å²) in [6, 6.07) is 8.52. The lowest BCUT2D eigenvalue weighted by Crippen LogP contribution is -2.15. The molecular weight excluding hydrogens is 192 g/mol.